The number of ketones is 1. The first-order chi connectivity index (χ1) is 6.49. The van der Waals surface area contributed by atoms with Crippen LogP contribution in [0.15, 0.2) is 11.8 Å². The third kappa shape index (κ3) is 2.61. The predicted molar refractivity (Wildman–Crippen MR) is 43.5 cm³/mol. The highest BCUT2D eigenvalue weighted by atomic mass is 16.8. The summed E-state index contributed by atoms with van der Waals surface area (Å²) in [4.78, 5) is 31.6. The fourth-order valence-electron chi connectivity index (χ4n) is 0.815. The topological polar surface area (TPSA) is 78.9 Å². The Morgan fingerprint density at radius 1 is 1.29 bits per heavy atom. The molecule has 0 atom stereocenters. The van der Waals surface area contributed by atoms with E-state index < -0.39 is 19.3 Å². The summed E-state index contributed by atoms with van der Waals surface area (Å²) in [5, 5.41) is 0. The Morgan fingerprint density at radius 3 is 2.21 bits per heavy atom. The van der Waals surface area contributed by atoms with Gasteiger partial charge in [-0.3, -0.25) is 4.79 Å². The molecule has 7 heteroatoms. The minimum absolute atomic E-state index is 0.199. The molecule has 0 bridgehead atoms. The second-order valence-electron chi connectivity index (χ2n) is 2.58. The molecule has 14 heavy (non-hydrogen) atoms. The van der Waals surface area contributed by atoms with E-state index in [0.29, 0.717) is 0 Å². The summed E-state index contributed by atoms with van der Waals surface area (Å²) >= 11 is 0. The maximum absolute atomic E-state index is 10.6. The van der Waals surface area contributed by atoms with E-state index in [0.717, 1.165) is 0 Å². The normalized spacial score (nSPS) is 16.4. The van der Waals surface area contributed by atoms with Gasteiger partial charge in [0.25, 0.3) is 0 Å². The Bertz CT molecular complexity index is 304. The molecule has 0 radical (unpaired) electrons. The summed E-state index contributed by atoms with van der Waals surface area (Å²) in [6.45, 7) is 2.81. The molecule has 1 rings (SSSR count). The summed E-state index contributed by atoms with van der Waals surface area (Å²) in [6, 6.07) is 0. The summed E-state index contributed by atoms with van der Waals surface area (Å²) in [5.41, 5.74) is 0. The standard InChI is InChI=1S/C7H7BO6/c1-4(9)3-5(2)12-8-13-6(10)7(11)14-8/h3H,1-2H3/b5-3-. The van der Waals surface area contributed by atoms with E-state index in [1.165, 1.54) is 19.9 Å². The smallest absolute Gasteiger partial charge is 0.494 e. The lowest BCUT2D eigenvalue weighted by atomic mass is 10.2. The Kier molecular flexibility index (Phi) is 2.90. The zero-order valence-corrected chi connectivity index (χ0v) is 7.60. The maximum atomic E-state index is 10.6. The van der Waals surface area contributed by atoms with Gasteiger partial charge in [0.1, 0.15) is 0 Å². The second-order valence-corrected chi connectivity index (χ2v) is 2.58. The van der Waals surface area contributed by atoms with Crippen LogP contribution in [0.2, 0.25) is 0 Å². The maximum Gasteiger partial charge on any atom is 0.868 e. The molecule has 1 fully saturated rings. The summed E-state index contributed by atoms with van der Waals surface area (Å²) in [5.74, 6) is -2.24. The monoisotopic (exact) mass is 198 g/mol. The molecule has 0 aromatic carbocycles. The highest BCUT2D eigenvalue weighted by Gasteiger charge is 2.45. The van der Waals surface area contributed by atoms with Crippen LogP contribution in [0.3, 0.4) is 0 Å². The lowest BCUT2D eigenvalue weighted by Crippen LogP contribution is -2.19. The fraction of sp³-hybridized carbons (Fsp3) is 0.286. The van der Waals surface area contributed by atoms with E-state index in [-0.39, 0.29) is 11.5 Å². The molecule has 0 amide bonds. The quantitative estimate of drug-likeness (QED) is 0.265. The van der Waals surface area contributed by atoms with Crippen molar-refractivity contribution >= 4 is 25.0 Å². The first-order valence-corrected chi connectivity index (χ1v) is 3.76. The number of carbonyl (C=O) groups is 3. The van der Waals surface area contributed by atoms with E-state index in [1.807, 2.05) is 0 Å². The van der Waals surface area contributed by atoms with E-state index in [1.54, 1.807) is 0 Å². The SMILES string of the molecule is CC(=O)/C=C(/C)OB1OC(=O)C(=O)O1. The minimum Gasteiger partial charge on any atom is -0.494 e. The highest BCUT2D eigenvalue weighted by Crippen LogP contribution is 2.08. The molecule has 1 saturated heterocycles. The minimum atomic E-state index is -1.38. The largest absolute Gasteiger partial charge is 0.868 e. The fourth-order valence-corrected chi connectivity index (χ4v) is 0.815. The Labute approximate surface area is 80.0 Å². The van der Waals surface area contributed by atoms with Gasteiger partial charge in [0, 0.05) is 6.08 Å². The molecule has 0 saturated carbocycles. The van der Waals surface area contributed by atoms with Crippen LogP contribution in [-0.2, 0) is 28.3 Å². The van der Waals surface area contributed by atoms with Crippen molar-refractivity contribution in [1.29, 1.82) is 0 Å². The number of hydrogen-bond acceptors (Lipinski definition) is 6. The second kappa shape index (κ2) is 3.95. The van der Waals surface area contributed by atoms with Gasteiger partial charge in [-0.15, -0.1) is 0 Å². The van der Waals surface area contributed by atoms with E-state index in [2.05, 4.69) is 9.31 Å². The van der Waals surface area contributed by atoms with Gasteiger partial charge in [0.05, 0.1) is 5.76 Å². The van der Waals surface area contributed by atoms with E-state index >= 15 is 0 Å². The molecule has 0 aromatic heterocycles. The zero-order chi connectivity index (χ0) is 10.7. The molecule has 1 aliphatic rings. The van der Waals surface area contributed by atoms with Crippen molar-refractivity contribution in [2.75, 3.05) is 0 Å². The van der Waals surface area contributed by atoms with Crippen LogP contribution in [0.1, 0.15) is 13.8 Å². The predicted octanol–water partition coefficient (Wildman–Crippen LogP) is -0.419. The Morgan fingerprint density at radius 2 is 1.79 bits per heavy atom. The van der Waals surface area contributed by atoms with Crippen LogP contribution in [0.5, 0.6) is 0 Å². The van der Waals surface area contributed by atoms with Crippen molar-refractivity contribution < 1.29 is 28.3 Å². The molecule has 1 aliphatic heterocycles. The van der Waals surface area contributed by atoms with Crippen molar-refractivity contribution in [2.24, 2.45) is 0 Å². The molecule has 1 heterocycles. The van der Waals surface area contributed by atoms with E-state index in [4.69, 9.17) is 4.65 Å². The van der Waals surface area contributed by atoms with Gasteiger partial charge in [-0.05, 0) is 13.8 Å². The van der Waals surface area contributed by atoms with Crippen LogP contribution in [-0.4, -0.2) is 25.0 Å². The van der Waals surface area contributed by atoms with Crippen LogP contribution in [0.4, 0.5) is 0 Å². The molecule has 6 nitrogen and oxygen atoms in total. The molecular formula is C7H7BO6. The summed E-state index contributed by atoms with van der Waals surface area (Å²) < 4.78 is 13.5. The number of allylic oxidation sites excluding steroid dienone is 2. The van der Waals surface area contributed by atoms with E-state index in [9.17, 15) is 14.4 Å². The van der Waals surface area contributed by atoms with Crippen molar-refractivity contribution in [3.63, 3.8) is 0 Å². The van der Waals surface area contributed by atoms with Crippen molar-refractivity contribution in [3.05, 3.63) is 11.8 Å². The van der Waals surface area contributed by atoms with Gasteiger partial charge >= 0.3 is 19.3 Å². The lowest BCUT2D eigenvalue weighted by Gasteiger charge is -2.04. The summed E-state index contributed by atoms with van der Waals surface area (Å²) in [7, 11) is -1.38. The van der Waals surface area contributed by atoms with Gasteiger partial charge in [0.2, 0.25) is 0 Å². The van der Waals surface area contributed by atoms with Gasteiger partial charge in [-0.2, -0.15) is 0 Å². The van der Waals surface area contributed by atoms with Crippen molar-refractivity contribution in [2.45, 2.75) is 13.8 Å². The number of rotatable bonds is 3. The lowest BCUT2D eigenvalue weighted by molar-refractivity contribution is -0.150. The Balaban J connectivity index is 2.51. The average molecular weight is 198 g/mol. The van der Waals surface area contributed by atoms with Crippen LogP contribution >= 0.6 is 0 Å². The summed E-state index contributed by atoms with van der Waals surface area (Å²) in [6.07, 6.45) is 1.18. The number of hydrogen-bond donors (Lipinski definition) is 0. The van der Waals surface area contributed by atoms with Crippen LogP contribution in [0, 0.1) is 0 Å². The molecule has 0 aromatic rings. The Hall–Kier alpha value is -1.79. The van der Waals surface area contributed by atoms with Gasteiger partial charge in [-0.25, -0.2) is 9.59 Å². The van der Waals surface area contributed by atoms with Crippen molar-refractivity contribution in [3.8, 4) is 0 Å². The molecular weight excluding hydrogens is 191 g/mol. The van der Waals surface area contributed by atoms with Crippen molar-refractivity contribution in [1.82, 2.24) is 0 Å². The highest BCUT2D eigenvalue weighted by molar-refractivity contribution is 6.55. The first kappa shape index (κ1) is 10.3. The van der Waals surface area contributed by atoms with Crippen LogP contribution < -0.4 is 0 Å². The first-order valence-electron chi connectivity index (χ1n) is 3.76. The van der Waals surface area contributed by atoms with Gasteiger partial charge in [0.15, 0.2) is 5.78 Å². The average Bonchev–Trinajstić information content (AvgIpc) is 2.28. The molecule has 0 aliphatic carbocycles. The van der Waals surface area contributed by atoms with Gasteiger partial charge < -0.3 is 14.0 Å². The molecule has 0 spiro atoms. The third-order valence-corrected chi connectivity index (χ3v) is 1.26. The number of carbonyl (C=O) groups excluding carboxylic acids is 3. The third-order valence-electron chi connectivity index (χ3n) is 1.26. The zero-order valence-electron chi connectivity index (χ0n) is 7.60. The molecule has 74 valence electrons. The van der Waals surface area contributed by atoms with Crippen LogP contribution in [0.25, 0.3) is 0 Å². The molecule has 0 unspecified atom stereocenters. The van der Waals surface area contributed by atoms with Gasteiger partial charge in [-0.1, -0.05) is 0 Å². The molecule has 0 N–H and O–H groups in total.